The number of H-pyrrole nitrogens is 1. The summed E-state index contributed by atoms with van der Waals surface area (Å²) >= 11 is 0. The highest BCUT2D eigenvalue weighted by atomic mass is 16.2. The van der Waals surface area contributed by atoms with E-state index in [2.05, 4.69) is 34.1 Å². The molecule has 0 saturated carbocycles. The lowest BCUT2D eigenvalue weighted by molar-refractivity contribution is -0.130. The van der Waals surface area contributed by atoms with Crippen LogP contribution in [0.1, 0.15) is 26.6 Å². The van der Waals surface area contributed by atoms with E-state index in [1.54, 1.807) is 23.4 Å². The molecule has 3 heterocycles. The van der Waals surface area contributed by atoms with E-state index < -0.39 is 0 Å². The standard InChI is InChI=1S/C22H30N6O2/c1-5-20-24-10-8-18(26-20)16-11-19(22(30)25-12-16)27(4)17-13-28(14-17)21(29)7-6-9-23-15(2)3/h6-8,10-12,15,17,23H,5,9,13-14H2,1-4H3,(H,25,30)/b7-6+. The van der Waals surface area contributed by atoms with Gasteiger partial charge in [0, 0.05) is 63.2 Å². The Morgan fingerprint density at radius 3 is 2.90 bits per heavy atom. The van der Waals surface area contributed by atoms with E-state index in [9.17, 15) is 9.59 Å². The van der Waals surface area contributed by atoms with Crippen LogP contribution in [0.5, 0.6) is 0 Å². The highest BCUT2D eigenvalue weighted by molar-refractivity contribution is 5.88. The number of amides is 1. The molecule has 2 N–H and O–H groups in total. The average molecular weight is 411 g/mol. The van der Waals surface area contributed by atoms with Gasteiger partial charge in [0.2, 0.25) is 5.91 Å². The molecule has 1 aliphatic heterocycles. The number of anilines is 1. The number of likely N-dealkylation sites (N-methyl/N-ethyl adjacent to an activating group) is 1. The monoisotopic (exact) mass is 410 g/mol. The Hall–Kier alpha value is -3.00. The summed E-state index contributed by atoms with van der Waals surface area (Å²) in [6.07, 6.45) is 7.61. The first-order chi connectivity index (χ1) is 14.4. The third-order valence-corrected chi connectivity index (χ3v) is 5.21. The Morgan fingerprint density at radius 1 is 1.43 bits per heavy atom. The van der Waals surface area contributed by atoms with E-state index in [4.69, 9.17) is 0 Å². The molecule has 8 nitrogen and oxygen atoms in total. The normalized spacial score (nSPS) is 14.4. The Morgan fingerprint density at radius 2 is 2.20 bits per heavy atom. The minimum absolute atomic E-state index is 0.000877. The van der Waals surface area contributed by atoms with Crippen molar-refractivity contribution in [1.29, 1.82) is 0 Å². The predicted octanol–water partition coefficient (Wildman–Crippen LogP) is 1.60. The molecule has 8 heteroatoms. The van der Waals surface area contributed by atoms with Crippen LogP contribution in [0, 0.1) is 0 Å². The number of rotatable bonds is 8. The Kier molecular flexibility index (Phi) is 6.99. The van der Waals surface area contributed by atoms with E-state index in [0.717, 1.165) is 23.5 Å². The number of carbonyl (C=O) groups excluding carboxylic acids is 1. The van der Waals surface area contributed by atoms with Gasteiger partial charge in [0.05, 0.1) is 11.7 Å². The molecule has 30 heavy (non-hydrogen) atoms. The van der Waals surface area contributed by atoms with Crippen molar-refractivity contribution in [3.05, 3.63) is 52.9 Å². The lowest BCUT2D eigenvalue weighted by atomic mass is 10.1. The molecule has 0 atom stereocenters. The second-order valence-corrected chi connectivity index (χ2v) is 7.79. The zero-order valence-electron chi connectivity index (χ0n) is 18.1. The Bertz CT molecular complexity index is 962. The maximum absolute atomic E-state index is 12.4. The van der Waals surface area contributed by atoms with E-state index in [-0.39, 0.29) is 17.5 Å². The lowest BCUT2D eigenvalue weighted by Crippen LogP contribution is -2.60. The van der Waals surface area contributed by atoms with Crippen molar-refractivity contribution in [2.45, 2.75) is 39.3 Å². The second-order valence-electron chi connectivity index (χ2n) is 7.79. The average Bonchev–Trinajstić information content (AvgIpc) is 2.70. The van der Waals surface area contributed by atoms with Gasteiger partial charge in [-0.2, -0.15) is 0 Å². The maximum atomic E-state index is 12.4. The van der Waals surface area contributed by atoms with Crippen LogP contribution in [0.25, 0.3) is 11.3 Å². The maximum Gasteiger partial charge on any atom is 0.271 e. The van der Waals surface area contributed by atoms with Gasteiger partial charge in [-0.25, -0.2) is 9.97 Å². The van der Waals surface area contributed by atoms with Crippen molar-refractivity contribution in [3.8, 4) is 11.3 Å². The topological polar surface area (TPSA) is 94.2 Å². The molecule has 160 valence electrons. The van der Waals surface area contributed by atoms with Gasteiger partial charge in [-0.1, -0.05) is 26.8 Å². The van der Waals surface area contributed by atoms with Gasteiger partial charge in [-0.15, -0.1) is 0 Å². The third kappa shape index (κ3) is 5.13. The van der Waals surface area contributed by atoms with Gasteiger partial charge in [-0.3, -0.25) is 9.59 Å². The summed E-state index contributed by atoms with van der Waals surface area (Å²) in [6.45, 7) is 7.99. The molecule has 2 aromatic rings. The summed E-state index contributed by atoms with van der Waals surface area (Å²) in [5.74, 6) is 0.763. The first-order valence-electron chi connectivity index (χ1n) is 10.4. The molecule has 1 saturated heterocycles. The molecule has 0 radical (unpaired) electrons. The van der Waals surface area contributed by atoms with Gasteiger partial charge >= 0.3 is 0 Å². The lowest BCUT2D eigenvalue weighted by Gasteiger charge is -2.44. The molecule has 0 aliphatic carbocycles. The van der Waals surface area contributed by atoms with Crippen molar-refractivity contribution >= 4 is 11.6 Å². The van der Waals surface area contributed by atoms with Crippen molar-refractivity contribution in [1.82, 2.24) is 25.2 Å². The zero-order valence-corrected chi connectivity index (χ0v) is 18.1. The van der Waals surface area contributed by atoms with Crippen LogP contribution in [-0.4, -0.2) is 64.5 Å². The quantitative estimate of drug-likeness (QED) is 0.642. The molecular formula is C22H30N6O2. The van der Waals surface area contributed by atoms with Gasteiger partial charge in [0.1, 0.15) is 11.5 Å². The fraction of sp³-hybridized carbons (Fsp3) is 0.455. The molecular weight excluding hydrogens is 380 g/mol. The fourth-order valence-electron chi connectivity index (χ4n) is 3.26. The van der Waals surface area contributed by atoms with Gasteiger partial charge in [0.25, 0.3) is 5.56 Å². The predicted molar refractivity (Wildman–Crippen MR) is 119 cm³/mol. The van der Waals surface area contributed by atoms with Gasteiger partial charge in [-0.05, 0) is 12.1 Å². The number of likely N-dealkylation sites (tertiary alicyclic amines) is 1. The fourth-order valence-corrected chi connectivity index (χ4v) is 3.26. The van der Waals surface area contributed by atoms with Gasteiger partial charge in [0.15, 0.2) is 0 Å². The molecule has 3 rings (SSSR count). The summed E-state index contributed by atoms with van der Waals surface area (Å²) in [5, 5.41) is 3.24. The Balaban J connectivity index is 1.64. The number of hydrogen-bond acceptors (Lipinski definition) is 6. The first kappa shape index (κ1) is 21.7. The van der Waals surface area contributed by atoms with Crippen molar-refractivity contribution in [3.63, 3.8) is 0 Å². The molecule has 1 amide bonds. The summed E-state index contributed by atoms with van der Waals surface area (Å²) in [6, 6.07) is 4.17. The number of aromatic amines is 1. The minimum Gasteiger partial charge on any atom is -0.364 e. The van der Waals surface area contributed by atoms with Crippen LogP contribution in [0.3, 0.4) is 0 Å². The molecule has 2 aromatic heterocycles. The molecule has 0 aromatic carbocycles. The highest BCUT2D eigenvalue weighted by Crippen LogP contribution is 2.23. The summed E-state index contributed by atoms with van der Waals surface area (Å²) < 4.78 is 0. The third-order valence-electron chi connectivity index (χ3n) is 5.21. The van der Waals surface area contributed by atoms with Crippen LogP contribution in [0.2, 0.25) is 0 Å². The molecule has 0 bridgehead atoms. The number of aromatic nitrogens is 3. The second kappa shape index (κ2) is 9.67. The van der Waals surface area contributed by atoms with Crippen molar-refractivity contribution in [2.24, 2.45) is 0 Å². The summed E-state index contributed by atoms with van der Waals surface area (Å²) in [7, 11) is 1.89. The van der Waals surface area contributed by atoms with E-state index in [1.165, 1.54) is 0 Å². The zero-order chi connectivity index (χ0) is 21.7. The number of aryl methyl sites for hydroxylation is 1. The largest absolute Gasteiger partial charge is 0.364 e. The van der Waals surface area contributed by atoms with Crippen LogP contribution in [-0.2, 0) is 11.2 Å². The van der Waals surface area contributed by atoms with Crippen molar-refractivity contribution < 1.29 is 4.79 Å². The summed E-state index contributed by atoms with van der Waals surface area (Å²) in [4.78, 5) is 40.0. The van der Waals surface area contributed by atoms with Crippen LogP contribution >= 0.6 is 0 Å². The number of carbonyl (C=O) groups is 1. The molecule has 1 fully saturated rings. The Labute approximate surface area is 177 Å². The molecule has 0 spiro atoms. The van der Waals surface area contributed by atoms with Crippen LogP contribution < -0.4 is 15.8 Å². The van der Waals surface area contributed by atoms with Crippen molar-refractivity contribution in [2.75, 3.05) is 31.6 Å². The summed E-state index contributed by atoms with van der Waals surface area (Å²) in [5.41, 5.74) is 2.02. The van der Waals surface area contributed by atoms with E-state index >= 15 is 0 Å². The number of nitrogens with one attached hydrogen (secondary N) is 2. The number of hydrogen-bond donors (Lipinski definition) is 2. The van der Waals surface area contributed by atoms with Gasteiger partial charge < -0.3 is 20.1 Å². The minimum atomic E-state index is -0.157. The molecule has 0 unspecified atom stereocenters. The van der Waals surface area contributed by atoms with Crippen LogP contribution in [0.15, 0.2) is 41.5 Å². The van der Waals surface area contributed by atoms with E-state index in [0.29, 0.717) is 31.4 Å². The highest BCUT2D eigenvalue weighted by Gasteiger charge is 2.33. The van der Waals surface area contributed by atoms with E-state index in [1.807, 2.05) is 37.1 Å². The first-order valence-corrected chi connectivity index (χ1v) is 10.4. The number of nitrogens with zero attached hydrogens (tertiary/aromatic N) is 4. The number of pyridine rings is 1. The molecule has 1 aliphatic rings. The SMILES string of the molecule is CCc1nccc(-c2c[nH]c(=O)c(N(C)C3CN(C(=O)/C=C/CNC(C)C)C3)c2)n1. The smallest absolute Gasteiger partial charge is 0.271 e. The van der Waals surface area contributed by atoms with Crippen LogP contribution in [0.4, 0.5) is 5.69 Å².